The number of nitrogens with zero attached hydrogens (tertiary/aromatic N) is 3. The Balaban J connectivity index is 1.45. The zero-order valence-electron chi connectivity index (χ0n) is 12.0. The number of hydrogen-bond donors (Lipinski definition) is 1. The molecule has 1 N–H and O–H groups in total. The predicted octanol–water partition coefficient (Wildman–Crippen LogP) is 2.48. The lowest BCUT2D eigenvalue weighted by Gasteiger charge is -2.32. The molecule has 6 nitrogen and oxygen atoms in total. The number of amides is 1. The molecule has 0 bridgehead atoms. The van der Waals surface area contributed by atoms with E-state index in [2.05, 4.69) is 36.1 Å². The molecule has 0 saturated carbocycles. The Hall–Kier alpha value is -1.89. The minimum Gasteiger partial charge on any atom is -0.444 e. The standard InChI is InChI=1S/C15H17BrN4O2/c16-13-2-1-12(22-13)15(21)19-9-11-3-7-20(8-4-11)14-10-17-5-6-18-14/h1-2,5-6,10-11H,3-4,7-9H2,(H,19,21). The lowest BCUT2D eigenvalue weighted by Crippen LogP contribution is -2.39. The number of rotatable bonds is 4. The molecule has 2 aromatic heterocycles. The van der Waals surface area contributed by atoms with Crippen LogP contribution in [-0.4, -0.2) is 35.5 Å². The van der Waals surface area contributed by atoms with E-state index in [9.17, 15) is 4.79 Å². The Labute approximate surface area is 137 Å². The summed E-state index contributed by atoms with van der Waals surface area (Å²) in [5.74, 6) is 1.58. The van der Waals surface area contributed by atoms with Crippen molar-refractivity contribution in [1.82, 2.24) is 15.3 Å². The van der Waals surface area contributed by atoms with Gasteiger partial charge in [0.15, 0.2) is 10.4 Å². The van der Waals surface area contributed by atoms with E-state index >= 15 is 0 Å². The van der Waals surface area contributed by atoms with Crippen molar-refractivity contribution in [3.63, 3.8) is 0 Å². The number of carbonyl (C=O) groups excluding carboxylic acids is 1. The average Bonchev–Trinajstić information content (AvgIpc) is 3.00. The third kappa shape index (κ3) is 3.65. The molecule has 3 heterocycles. The number of furan rings is 1. The van der Waals surface area contributed by atoms with Crippen molar-refractivity contribution in [2.45, 2.75) is 12.8 Å². The lowest BCUT2D eigenvalue weighted by atomic mass is 9.97. The smallest absolute Gasteiger partial charge is 0.287 e. The van der Waals surface area contributed by atoms with E-state index in [4.69, 9.17) is 4.42 Å². The minimum absolute atomic E-state index is 0.165. The van der Waals surface area contributed by atoms with Crippen LogP contribution in [0.5, 0.6) is 0 Å². The molecule has 0 aliphatic carbocycles. The fourth-order valence-electron chi connectivity index (χ4n) is 2.58. The van der Waals surface area contributed by atoms with E-state index in [0.717, 1.165) is 31.7 Å². The van der Waals surface area contributed by atoms with Crippen LogP contribution in [0.4, 0.5) is 5.82 Å². The summed E-state index contributed by atoms with van der Waals surface area (Å²) in [5.41, 5.74) is 0. The molecule has 116 valence electrons. The highest BCUT2D eigenvalue weighted by Crippen LogP contribution is 2.20. The van der Waals surface area contributed by atoms with E-state index in [-0.39, 0.29) is 5.91 Å². The number of halogens is 1. The predicted molar refractivity (Wildman–Crippen MR) is 85.7 cm³/mol. The Bertz CT molecular complexity index is 623. The van der Waals surface area contributed by atoms with Gasteiger partial charge in [0.1, 0.15) is 5.82 Å². The van der Waals surface area contributed by atoms with Crippen LogP contribution >= 0.6 is 15.9 Å². The molecule has 0 atom stereocenters. The van der Waals surface area contributed by atoms with Gasteiger partial charge in [-0.3, -0.25) is 9.78 Å². The van der Waals surface area contributed by atoms with Gasteiger partial charge in [0.2, 0.25) is 0 Å². The van der Waals surface area contributed by atoms with E-state index < -0.39 is 0 Å². The van der Waals surface area contributed by atoms with Crippen LogP contribution in [0.1, 0.15) is 23.4 Å². The van der Waals surface area contributed by atoms with Crippen LogP contribution in [0.3, 0.4) is 0 Å². The monoisotopic (exact) mass is 364 g/mol. The first-order chi connectivity index (χ1) is 10.7. The molecule has 3 rings (SSSR count). The van der Waals surface area contributed by atoms with Gasteiger partial charge in [-0.25, -0.2) is 4.98 Å². The first kappa shape index (κ1) is 15.0. The van der Waals surface area contributed by atoms with Crippen molar-refractivity contribution >= 4 is 27.7 Å². The van der Waals surface area contributed by atoms with Crippen LogP contribution in [0.25, 0.3) is 0 Å². The maximum absolute atomic E-state index is 11.9. The van der Waals surface area contributed by atoms with Crippen molar-refractivity contribution < 1.29 is 9.21 Å². The maximum Gasteiger partial charge on any atom is 0.287 e. The van der Waals surface area contributed by atoms with Gasteiger partial charge in [0.25, 0.3) is 5.91 Å². The molecule has 0 aromatic carbocycles. The second-order valence-corrected chi connectivity index (χ2v) is 6.09. The molecule has 0 unspecified atom stereocenters. The summed E-state index contributed by atoms with van der Waals surface area (Å²) < 4.78 is 5.81. The summed E-state index contributed by atoms with van der Waals surface area (Å²) in [6.07, 6.45) is 7.23. The van der Waals surface area contributed by atoms with Crippen LogP contribution in [-0.2, 0) is 0 Å². The van der Waals surface area contributed by atoms with E-state index in [0.29, 0.717) is 22.9 Å². The van der Waals surface area contributed by atoms with Crippen LogP contribution in [0, 0.1) is 5.92 Å². The molecule has 1 aliphatic heterocycles. The number of anilines is 1. The Kier molecular flexibility index (Phi) is 4.72. The average molecular weight is 365 g/mol. The van der Waals surface area contributed by atoms with Gasteiger partial charge in [-0.2, -0.15) is 0 Å². The Morgan fingerprint density at radius 3 is 2.82 bits per heavy atom. The summed E-state index contributed by atoms with van der Waals surface area (Å²) in [5, 5.41) is 2.94. The number of piperidine rings is 1. The van der Waals surface area contributed by atoms with E-state index in [1.807, 2.05) is 0 Å². The van der Waals surface area contributed by atoms with Gasteiger partial charge in [-0.05, 0) is 46.8 Å². The first-order valence-corrected chi connectivity index (χ1v) is 8.06. The van der Waals surface area contributed by atoms with Crippen molar-refractivity contribution in [2.24, 2.45) is 5.92 Å². The maximum atomic E-state index is 11.9. The summed E-state index contributed by atoms with van der Waals surface area (Å²) in [4.78, 5) is 22.6. The number of hydrogen-bond acceptors (Lipinski definition) is 5. The molecule has 22 heavy (non-hydrogen) atoms. The van der Waals surface area contributed by atoms with Crippen molar-refractivity contribution in [3.05, 3.63) is 41.2 Å². The number of aromatic nitrogens is 2. The fraction of sp³-hybridized carbons (Fsp3) is 0.400. The molecular formula is C15H17BrN4O2. The van der Waals surface area contributed by atoms with Gasteiger partial charge in [0.05, 0.1) is 6.20 Å². The molecular weight excluding hydrogens is 348 g/mol. The number of nitrogens with one attached hydrogen (secondary N) is 1. The van der Waals surface area contributed by atoms with Crippen molar-refractivity contribution in [1.29, 1.82) is 0 Å². The Morgan fingerprint density at radius 2 is 2.18 bits per heavy atom. The molecule has 1 fully saturated rings. The van der Waals surface area contributed by atoms with Gasteiger partial charge >= 0.3 is 0 Å². The van der Waals surface area contributed by atoms with Gasteiger partial charge in [-0.15, -0.1) is 0 Å². The largest absolute Gasteiger partial charge is 0.444 e. The van der Waals surface area contributed by atoms with Gasteiger partial charge in [0, 0.05) is 32.0 Å². The minimum atomic E-state index is -0.165. The fourth-order valence-corrected chi connectivity index (χ4v) is 2.89. The zero-order valence-corrected chi connectivity index (χ0v) is 13.6. The third-order valence-corrected chi connectivity index (χ3v) is 4.26. The molecule has 7 heteroatoms. The molecule has 0 spiro atoms. The van der Waals surface area contributed by atoms with Gasteiger partial charge in [-0.1, -0.05) is 0 Å². The normalized spacial score (nSPS) is 15.8. The van der Waals surface area contributed by atoms with Crippen LogP contribution in [0.15, 0.2) is 39.8 Å². The quantitative estimate of drug-likeness (QED) is 0.902. The van der Waals surface area contributed by atoms with E-state index in [1.165, 1.54) is 0 Å². The molecule has 1 aliphatic rings. The zero-order chi connectivity index (χ0) is 15.4. The lowest BCUT2D eigenvalue weighted by molar-refractivity contribution is 0.0916. The number of carbonyl (C=O) groups is 1. The Morgan fingerprint density at radius 1 is 1.36 bits per heavy atom. The first-order valence-electron chi connectivity index (χ1n) is 7.27. The van der Waals surface area contributed by atoms with Crippen LogP contribution < -0.4 is 10.2 Å². The summed E-state index contributed by atoms with van der Waals surface area (Å²) in [7, 11) is 0. The highest BCUT2D eigenvalue weighted by atomic mass is 79.9. The molecule has 1 amide bonds. The van der Waals surface area contributed by atoms with Gasteiger partial charge < -0.3 is 14.6 Å². The van der Waals surface area contributed by atoms with Crippen LogP contribution in [0.2, 0.25) is 0 Å². The topological polar surface area (TPSA) is 71.3 Å². The second kappa shape index (κ2) is 6.91. The summed E-state index contributed by atoms with van der Waals surface area (Å²) >= 11 is 3.19. The molecule has 0 radical (unpaired) electrons. The summed E-state index contributed by atoms with van der Waals surface area (Å²) in [6.45, 7) is 2.54. The molecule has 2 aromatic rings. The van der Waals surface area contributed by atoms with Crippen molar-refractivity contribution in [3.8, 4) is 0 Å². The second-order valence-electron chi connectivity index (χ2n) is 5.31. The summed E-state index contributed by atoms with van der Waals surface area (Å²) in [6, 6.07) is 3.38. The highest BCUT2D eigenvalue weighted by Gasteiger charge is 2.21. The SMILES string of the molecule is O=C(NCC1CCN(c2cnccn2)CC1)c1ccc(Br)o1. The van der Waals surface area contributed by atoms with E-state index in [1.54, 1.807) is 30.7 Å². The highest BCUT2D eigenvalue weighted by molar-refractivity contribution is 9.10. The molecule has 1 saturated heterocycles. The van der Waals surface area contributed by atoms with Crippen molar-refractivity contribution in [2.75, 3.05) is 24.5 Å². The third-order valence-electron chi connectivity index (χ3n) is 3.84.